The van der Waals surface area contributed by atoms with E-state index in [4.69, 9.17) is 28.7 Å². The summed E-state index contributed by atoms with van der Waals surface area (Å²) in [5.74, 6) is -1.30. The molecule has 0 N–H and O–H groups in total. The van der Waals surface area contributed by atoms with Gasteiger partial charge < -0.3 is 9.47 Å². The van der Waals surface area contributed by atoms with Crippen LogP contribution >= 0.6 is 0 Å². The smallest absolute Gasteiger partial charge is 0.417 e. The normalized spacial score (nSPS) is 18.5. The first-order valence-corrected chi connectivity index (χ1v) is 17.9. The molecule has 12 nitrogen and oxygen atoms in total. The Kier molecular flexibility index (Phi) is 17.4. The minimum atomic E-state index is -0.680. The molecule has 56 heavy (non-hydrogen) atoms. The predicted molar refractivity (Wildman–Crippen MR) is 200 cm³/mol. The van der Waals surface area contributed by atoms with Crippen molar-refractivity contribution in [1.29, 1.82) is 0 Å². The van der Waals surface area contributed by atoms with Crippen molar-refractivity contribution >= 4 is 41.9 Å². The van der Waals surface area contributed by atoms with Crippen molar-refractivity contribution in [3.63, 3.8) is 0 Å². The molecule has 2 aromatic carbocycles. The maximum Gasteiger partial charge on any atom is 0.417 e. The summed E-state index contributed by atoms with van der Waals surface area (Å²) >= 11 is 0. The molecule has 1 fully saturated rings. The Bertz CT molecular complexity index is 1750. The minimum Gasteiger partial charge on any atom is -0.443 e. The second-order valence-electron chi connectivity index (χ2n) is 17.4. The number of hydrogen-bond acceptors (Lipinski definition) is 10. The second-order valence-corrected chi connectivity index (χ2v) is 17.4. The van der Waals surface area contributed by atoms with Crippen LogP contribution in [0.3, 0.4) is 0 Å². The molecule has 1 saturated heterocycles. The van der Waals surface area contributed by atoms with Crippen LogP contribution in [0.2, 0.25) is 0 Å². The lowest BCUT2D eigenvalue weighted by Crippen LogP contribution is -2.55. The number of nitrogens with zero attached hydrogens (tertiary/aromatic N) is 2. The lowest BCUT2D eigenvalue weighted by atomic mass is 9.75. The van der Waals surface area contributed by atoms with Crippen molar-refractivity contribution in [2.75, 3.05) is 0 Å². The zero-order chi connectivity index (χ0) is 43.4. The van der Waals surface area contributed by atoms with Crippen LogP contribution in [0.4, 0.5) is 18.4 Å². The van der Waals surface area contributed by atoms with Crippen LogP contribution in [-0.2, 0) is 38.2 Å². The van der Waals surface area contributed by atoms with Gasteiger partial charge in [-0.3, -0.25) is 9.59 Å². The predicted octanol–water partition coefficient (Wildman–Crippen LogP) is 8.51. The summed E-state index contributed by atoms with van der Waals surface area (Å²) in [5.41, 5.74) is 0.552. The second kappa shape index (κ2) is 20.0. The minimum absolute atomic E-state index is 0.0315. The summed E-state index contributed by atoms with van der Waals surface area (Å²) < 4.78 is 37.2. The van der Waals surface area contributed by atoms with Crippen molar-refractivity contribution in [2.45, 2.75) is 132 Å². The molecule has 4 amide bonds. The third-order valence-electron chi connectivity index (χ3n) is 8.51. The number of ether oxygens (including phenoxy) is 2. The van der Waals surface area contributed by atoms with Gasteiger partial charge >= 0.3 is 24.5 Å². The first kappa shape index (κ1) is 48.7. The fraction of sp³-hybridized carbons (Fsp3) is 0.524. The number of carbonyl (C=O) groups excluding carboxylic acids is 8. The number of hydrogen-bond donors (Lipinski definition) is 0. The maximum absolute atomic E-state index is 13.2. The molecular weight excluding hydrogens is 730 g/mol. The van der Waals surface area contributed by atoms with Crippen molar-refractivity contribution in [1.82, 2.24) is 9.80 Å². The molecule has 2 heterocycles. The molecule has 306 valence electrons. The molecule has 0 unspecified atom stereocenters. The number of likely N-dealkylation sites (tertiary alicyclic amines) is 1. The summed E-state index contributed by atoms with van der Waals surface area (Å²) in [6, 6.07) is 11.7. The highest BCUT2D eigenvalue weighted by Gasteiger charge is 2.45. The van der Waals surface area contributed by atoms with E-state index in [1.54, 1.807) is 65.8 Å². The fourth-order valence-corrected chi connectivity index (χ4v) is 6.03. The van der Waals surface area contributed by atoms with E-state index in [0.29, 0.717) is 12.8 Å². The standard InChI is InChI=1S/C20H28FNO3.C20H26FNO3.2CO2/c2*1-19(2,3)16-11-14(13-7-9-15(21)10-8-13)12-17(23)22(16)18(24)25-20(4,5)6;2*2-1-3/h7-10,14,16H,11-12H2,1-6H3;7-10,12,16H,11H2,1-6H3;;/t14-,16-;16-;;/m11../s1. The number of carbonyl (C=O) groups is 4. The van der Waals surface area contributed by atoms with Crippen LogP contribution in [-0.4, -0.2) is 69.4 Å². The van der Waals surface area contributed by atoms with E-state index in [1.807, 2.05) is 41.5 Å². The van der Waals surface area contributed by atoms with Gasteiger partial charge in [0, 0.05) is 18.5 Å². The molecule has 0 radical (unpaired) electrons. The van der Waals surface area contributed by atoms with Gasteiger partial charge in [0.1, 0.15) is 22.8 Å². The van der Waals surface area contributed by atoms with Crippen molar-refractivity contribution < 1.29 is 56.6 Å². The fourth-order valence-electron chi connectivity index (χ4n) is 6.03. The number of halogens is 2. The van der Waals surface area contributed by atoms with Gasteiger partial charge in [-0.25, -0.2) is 28.2 Å². The summed E-state index contributed by atoms with van der Waals surface area (Å²) in [6.45, 7) is 22.6. The number of piperidine rings is 1. The SMILES string of the molecule is CC(C)(C)OC(=O)N1C(=O)C=C(c2ccc(F)cc2)C[C@@H]1C(C)(C)C.CC(C)(C)OC(=O)N1C(=O)C[C@H](c2ccc(F)cc2)C[C@@H]1C(C)(C)C.O=C=O.O=C=O. The van der Waals surface area contributed by atoms with Crippen LogP contribution in [0.5, 0.6) is 0 Å². The largest absolute Gasteiger partial charge is 0.443 e. The average molecular weight is 785 g/mol. The molecule has 2 aliphatic rings. The van der Waals surface area contributed by atoms with Crippen LogP contribution in [0, 0.1) is 22.5 Å². The van der Waals surface area contributed by atoms with Gasteiger partial charge in [0.05, 0.1) is 6.04 Å². The van der Waals surface area contributed by atoms with Crippen LogP contribution in [0.15, 0.2) is 54.6 Å². The highest BCUT2D eigenvalue weighted by Crippen LogP contribution is 2.41. The quantitative estimate of drug-likeness (QED) is 0.289. The Hall–Kier alpha value is -5.32. The average Bonchev–Trinajstić information content (AvgIpc) is 3.03. The van der Waals surface area contributed by atoms with Gasteiger partial charge in [-0.15, -0.1) is 0 Å². The molecular formula is C42H54F2N2O10. The van der Waals surface area contributed by atoms with E-state index < -0.39 is 29.3 Å². The molecule has 2 aliphatic heterocycles. The van der Waals surface area contributed by atoms with Gasteiger partial charge in [0.15, 0.2) is 0 Å². The van der Waals surface area contributed by atoms with Gasteiger partial charge in [-0.2, -0.15) is 19.2 Å². The zero-order valence-corrected chi connectivity index (χ0v) is 34.3. The first-order chi connectivity index (χ1) is 25.6. The zero-order valence-electron chi connectivity index (χ0n) is 34.3. The van der Waals surface area contributed by atoms with E-state index in [9.17, 15) is 28.0 Å². The monoisotopic (exact) mass is 784 g/mol. The molecule has 0 saturated carbocycles. The number of imide groups is 2. The summed E-state index contributed by atoms with van der Waals surface area (Å²) in [4.78, 5) is 85.6. The van der Waals surface area contributed by atoms with E-state index in [1.165, 1.54) is 40.1 Å². The Morgan fingerprint density at radius 3 is 1.41 bits per heavy atom. The Balaban J connectivity index is 0.000000491. The molecule has 4 rings (SSSR count). The number of benzene rings is 2. The molecule has 0 spiro atoms. The molecule has 2 aromatic rings. The van der Waals surface area contributed by atoms with Gasteiger partial charge in [-0.05, 0) is 112 Å². The van der Waals surface area contributed by atoms with E-state index in [-0.39, 0.29) is 65.1 Å². The van der Waals surface area contributed by atoms with Crippen molar-refractivity contribution in [3.8, 4) is 0 Å². The van der Waals surface area contributed by atoms with E-state index in [2.05, 4.69) is 0 Å². The topological polar surface area (TPSA) is 161 Å². The third kappa shape index (κ3) is 15.4. The summed E-state index contributed by atoms with van der Waals surface area (Å²) in [5, 5.41) is 0. The van der Waals surface area contributed by atoms with E-state index in [0.717, 1.165) is 16.7 Å². The molecule has 14 heteroatoms. The Morgan fingerprint density at radius 1 is 0.625 bits per heavy atom. The van der Waals surface area contributed by atoms with Gasteiger partial charge in [-0.1, -0.05) is 65.8 Å². The number of rotatable bonds is 2. The van der Waals surface area contributed by atoms with Gasteiger partial charge in [0.25, 0.3) is 5.91 Å². The lowest BCUT2D eigenvalue weighted by Gasteiger charge is -2.44. The molecule has 0 aliphatic carbocycles. The van der Waals surface area contributed by atoms with E-state index >= 15 is 0 Å². The maximum atomic E-state index is 13.2. The first-order valence-electron chi connectivity index (χ1n) is 17.9. The third-order valence-corrected chi connectivity index (χ3v) is 8.51. The van der Waals surface area contributed by atoms with Crippen molar-refractivity contribution in [2.24, 2.45) is 10.8 Å². The summed E-state index contributed by atoms with van der Waals surface area (Å²) in [6.07, 6.45) is 2.08. The highest BCUT2D eigenvalue weighted by molar-refractivity contribution is 6.05. The Morgan fingerprint density at radius 2 is 1.02 bits per heavy atom. The summed E-state index contributed by atoms with van der Waals surface area (Å²) in [7, 11) is 0. The molecule has 3 atom stereocenters. The Labute approximate surface area is 327 Å². The molecule has 0 bridgehead atoms. The molecule has 0 aromatic heterocycles. The van der Waals surface area contributed by atoms with Crippen LogP contribution < -0.4 is 0 Å². The lowest BCUT2D eigenvalue weighted by molar-refractivity contribution is -0.193. The highest BCUT2D eigenvalue weighted by atomic mass is 19.1. The van der Waals surface area contributed by atoms with Crippen molar-refractivity contribution in [3.05, 3.63) is 77.4 Å². The number of amides is 4. The van der Waals surface area contributed by atoms with Crippen LogP contribution in [0.1, 0.15) is 119 Å². The van der Waals surface area contributed by atoms with Gasteiger partial charge in [0.2, 0.25) is 5.91 Å². The van der Waals surface area contributed by atoms with Crippen LogP contribution in [0.25, 0.3) is 5.57 Å².